The molecule has 6 nitrogen and oxygen atoms in total. The number of aromatic nitrogens is 2. The molecule has 0 saturated heterocycles. The van der Waals surface area contributed by atoms with Crippen LogP contribution >= 0.6 is 11.8 Å². The first-order valence-electron chi connectivity index (χ1n) is 6.35. The summed E-state index contributed by atoms with van der Waals surface area (Å²) in [5, 5.41) is 7.65. The molecule has 112 valence electrons. The van der Waals surface area contributed by atoms with E-state index in [0.29, 0.717) is 11.1 Å². The second kappa shape index (κ2) is 7.12. The van der Waals surface area contributed by atoms with E-state index in [2.05, 4.69) is 14.9 Å². The Morgan fingerprint density at radius 1 is 1.43 bits per heavy atom. The maximum atomic E-state index is 11.3. The molecule has 2 aromatic rings. The van der Waals surface area contributed by atoms with Gasteiger partial charge in [-0.05, 0) is 31.5 Å². The molecule has 0 aliphatic rings. The summed E-state index contributed by atoms with van der Waals surface area (Å²) in [4.78, 5) is 11.3. The number of hydrogen-bond donors (Lipinski definition) is 0. The standard InChI is InChI=1S/C14H16N2O4S/c1-9-5-4-6-11(7-9)19-8-12-15-16-14(20-12)21-10(2)13(17)18-3/h4-7,10H,8H2,1-3H3/t10-/m0/s1. The van der Waals surface area contributed by atoms with E-state index in [9.17, 15) is 4.79 Å². The van der Waals surface area contributed by atoms with Gasteiger partial charge in [-0.3, -0.25) is 4.79 Å². The molecule has 0 aliphatic carbocycles. The molecule has 0 spiro atoms. The van der Waals surface area contributed by atoms with Crippen molar-refractivity contribution < 1.29 is 18.7 Å². The number of hydrogen-bond acceptors (Lipinski definition) is 7. The van der Waals surface area contributed by atoms with Gasteiger partial charge in [0.1, 0.15) is 11.0 Å². The summed E-state index contributed by atoms with van der Waals surface area (Å²) in [7, 11) is 1.34. The normalized spacial score (nSPS) is 12.0. The van der Waals surface area contributed by atoms with E-state index in [4.69, 9.17) is 9.15 Å². The van der Waals surface area contributed by atoms with E-state index in [1.54, 1.807) is 6.92 Å². The van der Waals surface area contributed by atoms with Crippen molar-refractivity contribution in [2.45, 2.75) is 30.9 Å². The molecule has 1 atom stereocenters. The first kappa shape index (κ1) is 15.4. The molecule has 21 heavy (non-hydrogen) atoms. The predicted octanol–water partition coefficient (Wildman–Crippen LogP) is 2.61. The van der Waals surface area contributed by atoms with E-state index in [-0.39, 0.29) is 12.6 Å². The fourth-order valence-electron chi connectivity index (χ4n) is 1.56. The lowest BCUT2D eigenvalue weighted by Crippen LogP contribution is -2.14. The lowest BCUT2D eigenvalue weighted by molar-refractivity contribution is -0.139. The van der Waals surface area contributed by atoms with E-state index in [0.717, 1.165) is 23.1 Å². The molecule has 0 bridgehead atoms. The van der Waals surface area contributed by atoms with Gasteiger partial charge in [0.2, 0.25) is 0 Å². The van der Waals surface area contributed by atoms with Gasteiger partial charge in [-0.2, -0.15) is 0 Å². The Balaban J connectivity index is 1.90. The minimum Gasteiger partial charge on any atom is -0.484 e. The zero-order valence-corrected chi connectivity index (χ0v) is 12.8. The molecule has 0 saturated carbocycles. The van der Waals surface area contributed by atoms with Crippen LogP contribution in [0.2, 0.25) is 0 Å². The number of rotatable bonds is 6. The number of thioether (sulfide) groups is 1. The number of ether oxygens (including phenoxy) is 2. The second-order valence-corrected chi connectivity index (χ2v) is 5.64. The predicted molar refractivity (Wildman–Crippen MR) is 77.1 cm³/mol. The van der Waals surface area contributed by atoms with Gasteiger partial charge in [0.15, 0.2) is 6.61 Å². The monoisotopic (exact) mass is 308 g/mol. The van der Waals surface area contributed by atoms with Crippen molar-refractivity contribution in [2.75, 3.05) is 7.11 Å². The van der Waals surface area contributed by atoms with Crippen molar-refractivity contribution in [1.82, 2.24) is 10.2 Å². The molecular formula is C14H16N2O4S. The second-order valence-electron chi connectivity index (χ2n) is 4.35. The Morgan fingerprint density at radius 3 is 2.95 bits per heavy atom. The van der Waals surface area contributed by atoms with Crippen LogP contribution < -0.4 is 4.74 Å². The first-order valence-corrected chi connectivity index (χ1v) is 7.23. The smallest absolute Gasteiger partial charge is 0.319 e. The number of carbonyl (C=O) groups is 1. The Bertz CT molecular complexity index is 615. The van der Waals surface area contributed by atoms with Crippen molar-refractivity contribution in [3.8, 4) is 5.75 Å². The highest BCUT2D eigenvalue weighted by molar-refractivity contribution is 8.00. The molecule has 1 heterocycles. The topological polar surface area (TPSA) is 74.5 Å². The molecule has 0 amide bonds. The number of carbonyl (C=O) groups excluding carboxylic acids is 1. The van der Waals surface area contributed by atoms with Gasteiger partial charge in [-0.1, -0.05) is 23.9 Å². The SMILES string of the molecule is COC(=O)[C@H](C)Sc1nnc(COc2cccc(C)c2)o1. The Morgan fingerprint density at radius 2 is 2.24 bits per heavy atom. The summed E-state index contributed by atoms with van der Waals surface area (Å²) in [6, 6.07) is 7.68. The van der Waals surface area contributed by atoms with Gasteiger partial charge in [0.25, 0.3) is 11.1 Å². The quantitative estimate of drug-likeness (QED) is 0.599. The maximum Gasteiger partial charge on any atom is 0.319 e. The van der Waals surface area contributed by atoms with Crippen LogP contribution in [0.15, 0.2) is 33.9 Å². The summed E-state index contributed by atoms with van der Waals surface area (Å²) in [6.45, 7) is 3.88. The largest absolute Gasteiger partial charge is 0.484 e. The summed E-state index contributed by atoms with van der Waals surface area (Å²) >= 11 is 1.15. The van der Waals surface area contributed by atoms with Gasteiger partial charge in [-0.25, -0.2) is 0 Å². The van der Waals surface area contributed by atoms with Crippen molar-refractivity contribution in [3.63, 3.8) is 0 Å². The van der Waals surface area contributed by atoms with E-state index in [1.165, 1.54) is 7.11 Å². The summed E-state index contributed by atoms with van der Waals surface area (Å²) in [5.41, 5.74) is 1.11. The highest BCUT2D eigenvalue weighted by Gasteiger charge is 2.18. The molecule has 1 aromatic heterocycles. The minimum absolute atomic E-state index is 0.184. The fraction of sp³-hybridized carbons (Fsp3) is 0.357. The maximum absolute atomic E-state index is 11.3. The van der Waals surface area contributed by atoms with Crippen LogP contribution in [0.1, 0.15) is 18.4 Å². The van der Waals surface area contributed by atoms with Crippen LogP contribution in [0.4, 0.5) is 0 Å². The molecule has 1 aromatic carbocycles. The fourth-order valence-corrected chi connectivity index (χ4v) is 2.29. The minimum atomic E-state index is -0.402. The van der Waals surface area contributed by atoms with E-state index in [1.807, 2.05) is 31.2 Å². The molecular weight excluding hydrogens is 292 g/mol. The van der Waals surface area contributed by atoms with Crippen molar-refractivity contribution in [1.29, 1.82) is 0 Å². The van der Waals surface area contributed by atoms with Crippen LogP contribution in [0.3, 0.4) is 0 Å². The third kappa shape index (κ3) is 4.49. The number of nitrogens with zero attached hydrogens (tertiary/aromatic N) is 2. The van der Waals surface area contributed by atoms with Crippen LogP contribution in [-0.4, -0.2) is 28.5 Å². The Kier molecular flexibility index (Phi) is 5.21. The number of benzene rings is 1. The van der Waals surface area contributed by atoms with Crippen molar-refractivity contribution >= 4 is 17.7 Å². The van der Waals surface area contributed by atoms with Gasteiger partial charge >= 0.3 is 5.97 Å². The average Bonchev–Trinajstić information content (AvgIpc) is 2.92. The Hall–Kier alpha value is -2.02. The molecule has 7 heteroatoms. The summed E-state index contributed by atoms with van der Waals surface area (Å²) < 4.78 is 15.6. The highest BCUT2D eigenvalue weighted by Crippen LogP contribution is 2.23. The molecule has 0 aliphatic heterocycles. The van der Waals surface area contributed by atoms with E-state index < -0.39 is 5.25 Å². The van der Waals surface area contributed by atoms with Gasteiger partial charge in [0, 0.05) is 0 Å². The molecule has 0 N–H and O–H groups in total. The summed E-state index contributed by atoms with van der Waals surface area (Å²) in [6.07, 6.45) is 0. The van der Waals surface area contributed by atoms with E-state index >= 15 is 0 Å². The van der Waals surface area contributed by atoms with Crippen molar-refractivity contribution in [3.05, 3.63) is 35.7 Å². The van der Waals surface area contributed by atoms with Crippen LogP contribution in [-0.2, 0) is 16.1 Å². The average molecular weight is 308 g/mol. The Labute approximate surface area is 126 Å². The van der Waals surface area contributed by atoms with Crippen LogP contribution in [0, 0.1) is 6.92 Å². The lowest BCUT2D eigenvalue weighted by atomic mass is 10.2. The molecule has 2 rings (SSSR count). The van der Waals surface area contributed by atoms with Gasteiger partial charge < -0.3 is 13.9 Å². The van der Waals surface area contributed by atoms with Crippen LogP contribution in [0.5, 0.6) is 5.75 Å². The third-order valence-electron chi connectivity index (χ3n) is 2.61. The molecule has 0 unspecified atom stereocenters. The zero-order chi connectivity index (χ0) is 15.2. The van der Waals surface area contributed by atoms with Gasteiger partial charge in [0.05, 0.1) is 7.11 Å². The van der Waals surface area contributed by atoms with Crippen LogP contribution in [0.25, 0.3) is 0 Å². The zero-order valence-electron chi connectivity index (χ0n) is 12.0. The number of esters is 1. The lowest BCUT2D eigenvalue weighted by Gasteiger charge is -2.05. The summed E-state index contributed by atoms with van der Waals surface area (Å²) in [5.74, 6) is 0.761. The number of methoxy groups -OCH3 is 1. The third-order valence-corrected chi connectivity index (χ3v) is 3.52. The first-order chi connectivity index (χ1) is 10.1. The molecule has 0 radical (unpaired) electrons. The molecule has 0 fully saturated rings. The number of aryl methyl sites for hydroxylation is 1. The van der Waals surface area contributed by atoms with Gasteiger partial charge in [-0.15, -0.1) is 10.2 Å². The van der Waals surface area contributed by atoms with Crippen molar-refractivity contribution in [2.24, 2.45) is 0 Å². The highest BCUT2D eigenvalue weighted by atomic mass is 32.2.